The summed E-state index contributed by atoms with van der Waals surface area (Å²) < 4.78 is 5.82. The molecule has 0 saturated carbocycles. The second kappa shape index (κ2) is 9.09. The summed E-state index contributed by atoms with van der Waals surface area (Å²) in [6.45, 7) is 7.31. The van der Waals surface area contributed by atoms with Crippen molar-refractivity contribution in [3.8, 4) is 0 Å². The van der Waals surface area contributed by atoms with Crippen molar-refractivity contribution in [1.29, 1.82) is 0 Å². The topological polar surface area (TPSA) is 49.9 Å². The van der Waals surface area contributed by atoms with Gasteiger partial charge in [-0.15, -0.1) is 0 Å². The first-order chi connectivity index (χ1) is 14.4. The summed E-state index contributed by atoms with van der Waals surface area (Å²) in [4.78, 5) is 30.4. The molecule has 1 aromatic carbocycles. The third kappa shape index (κ3) is 4.88. The Bertz CT molecular complexity index is 748. The summed E-state index contributed by atoms with van der Waals surface area (Å²) in [7, 11) is 0. The molecule has 3 aliphatic rings. The van der Waals surface area contributed by atoms with Crippen LogP contribution < -0.4 is 0 Å². The molecule has 0 radical (unpaired) electrons. The van der Waals surface area contributed by atoms with E-state index in [9.17, 15) is 9.59 Å². The Labute approximate surface area is 180 Å². The molecule has 0 aliphatic carbocycles. The van der Waals surface area contributed by atoms with Gasteiger partial charge < -0.3 is 14.5 Å². The summed E-state index contributed by atoms with van der Waals surface area (Å²) in [6.07, 6.45) is 6.10. The highest BCUT2D eigenvalue weighted by atomic mass is 16.5. The summed E-state index contributed by atoms with van der Waals surface area (Å²) in [5, 5.41) is 0. The fraction of sp³-hybridized carbons (Fsp3) is 0.680. The zero-order valence-electron chi connectivity index (χ0n) is 18.5. The number of carbonyl (C=O) groups is 2. The molecule has 0 aromatic heterocycles. The number of amides is 2. The van der Waals surface area contributed by atoms with Gasteiger partial charge in [-0.2, -0.15) is 0 Å². The smallest absolute Gasteiger partial charge is 0.226 e. The first-order valence-corrected chi connectivity index (χ1v) is 11.7. The molecular weight excluding hydrogens is 376 g/mol. The minimum atomic E-state index is -0.206. The maximum Gasteiger partial charge on any atom is 0.226 e. The van der Waals surface area contributed by atoms with E-state index in [4.69, 9.17) is 4.74 Å². The molecule has 3 atom stereocenters. The third-order valence-electron chi connectivity index (χ3n) is 7.22. The van der Waals surface area contributed by atoms with Crippen LogP contribution in [0.1, 0.15) is 57.9 Å². The van der Waals surface area contributed by atoms with Crippen LogP contribution in [0.25, 0.3) is 0 Å². The lowest BCUT2D eigenvalue weighted by molar-refractivity contribution is -0.153. The summed E-state index contributed by atoms with van der Waals surface area (Å²) in [6, 6.07) is 10.5. The Morgan fingerprint density at radius 2 is 1.90 bits per heavy atom. The van der Waals surface area contributed by atoms with E-state index in [0.717, 1.165) is 58.2 Å². The van der Waals surface area contributed by atoms with Crippen LogP contribution in [0.4, 0.5) is 0 Å². The Morgan fingerprint density at radius 1 is 1.10 bits per heavy atom. The van der Waals surface area contributed by atoms with E-state index in [1.54, 1.807) is 0 Å². The lowest BCUT2D eigenvalue weighted by Gasteiger charge is -2.49. The second-order valence-electron chi connectivity index (χ2n) is 9.91. The Balaban J connectivity index is 1.33. The van der Waals surface area contributed by atoms with Gasteiger partial charge in [-0.1, -0.05) is 30.3 Å². The molecule has 3 heterocycles. The monoisotopic (exact) mass is 412 g/mol. The minimum absolute atomic E-state index is 0.0815. The lowest BCUT2D eigenvalue weighted by Crippen LogP contribution is -2.58. The normalized spacial score (nSPS) is 28.7. The number of piperidine rings is 2. The van der Waals surface area contributed by atoms with E-state index in [1.807, 2.05) is 18.2 Å². The molecule has 1 aromatic rings. The van der Waals surface area contributed by atoms with Crippen molar-refractivity contribution in [3.05, 3.63) is 35.9 Å². The van der Waals surface area contributed by atoms with Crippen molar-refractivity contribution in [2.75, 3.05) is 26.2 Å². The summed E-state index contributed by atoms with van der Waals surface area (Å²) in [5.41, 5.74) is 1.01. The maximum absolute atomic E-state index is 13.4. The van der Waals surface area contributed by atoms with Gasteiger partial charge in [0.05, 0.1) is 5.60 Å². The number of aryl methyl sites for hydroxylation is 1. The number of benzene rings is 1. The van der Waals surface area contributed by atoms with Crippen LogP contribution in [0.3, 0.4) is 0 Å². The third-order valence-corrected chi connectivity index (χ3v) is 7.22. The fourth-order valence-corrected chi connectivity index (χ4v) is 5.63. The van der Waals surface area contributed by atoms with Crippen LogP contribution >= 0.6 is 0 Å². The van der Waals surface area contributed by atoms with E-state index < -0.39 is 0 Å². The average Bonchev–Trinajstić information content (AvgIpc) is 2.76. The van der Waals surface area contributed by atoms with Gasteiger partial charge in [0, 0.05) is 44.6 Å². The molecule has 0 spiro atoms. The molecule has 2 amide bonds. The molecule has 3 aliphatic heterocycles. The molecule has 3 saturated heterocycles. The molecule has 30 heavy (non-hydrogen) atoms. The molecular formula is C25H36N2O3. The van der Waals surface area contributed by atoms with Crippen LogP contribution in [0.2, 0.25) is 0 Å². The SMILES string of the molecule is CC1(C)CC(C(=O)N2CCC[C@@H]3CN(C(=O)CCc4ccccc4)CC[C@H]32)CCO1. The van der Waals surface area contributed by atoms with Crippen molar-refractivity contribution < 1.29 is 14.3 Å². The van der Waals surface area contributed by atoms with E-state index in [0.29, 0.717) is 30.9 Å². The van der Waals surface area contributed by atoms with Gasteiger partial charge in [0.2, 0.25) is 11.8 Å². The second-order valence-corrected chi connectivity index (χ2v) is 9.91. The van der Waals surface area contributed by atoms with Crippen LogP contribution in [0, 0.1) is 11.8 Å². The fourth-order valence-electron chi connectivity index (χ4n) is 5.63. The maximum atomic E-state index is 13.4. The van der Waals surface area contributed by atoms with Crippen molar-refractivity contribution in [3.63, 3.8) is 0 Å². The Kier molecular flexibility index (Phi) is 6.47. The zero-order valence-corrected chi connectivity index (χ0v) is 18.5. The van der Waals surface area contributed by atoms with Crippen molar-refractivity contribution >= 4 is 11.8 Å². The zero-order chi connectivity index (χ0) is 21.1. The standard InChI is InChI=1S/C25H36N2O3/c1-25(2)17-20(13-16-30-25)24(29)27-14-6-9-21-18-26(15-12-22(21)27)23(28)11-10-19-7-4-3-5-8-19/h3-5,7-8,20-22H,6,9-18H2,1-2H3/t20?,21-,22-/m1/s1. The molecule has 5 nitrogen and oxygen atoms in total. The van der Waals surface area contributed by atoms with Crippen LogP contribution in [0.5, 0.6) is 0 Å². The van der Waals surface area contributed by atoms with Crippen LogP contribution in [-0.4, -0.2) is 59.5 Å². The number of fused-ring (bicyclic) bond motifs is 1. The van der Waals surface area contributed by atoms with Crippen molar-refractivity contribution in [2.45, 2.75) is 70.4 Å². The molecule has 164 valence electrons. The number of hydrogen-bond donors (Lipinski definition) is 0. The first-order valence-electron chi connectivity index (χ1n) is 11.7. The average molecular weight is 413 g/mol. The predicted molar refractivity (Wildman–Crippen MR) is 117 cm³/mol. The predicted octanol–water partition coefficient (Wildman–Crippen LogP) is 3.66. The van der Waals surface area contributed by atoms with Crippen molar-refractivity contribution in [2.24, 2.45) is 11.8 Å². The van der Waals surface area contributed by atoms with E-state index >= 15 is 0 Å². The molecule has 0 N–H and O–H groups in total. The van der Waals surface area contributed by atoms with E-state index in [2.05, 4.69) is 35.8 Å². The number of rotatable bonds is 4. The molecule has 4 rings (SSSR count). The van der Waals surface area contributed by atoms with Gasteiger partial charge in [-0.3, -0.25) is 9.59 Å². The highest BCUT2D eigenvalue weighted by Gasteiger charge is 2.42. The Morgan fingerprint density at radius 3 is 2.67 bits per heavy atom. The van der Waals surface area contributed by atoms with Gasteiger partial charge in [-0.05, 0) is 63.9 Å². The summed E-state index contributed by atoms with van der Waals surface area (Å²) in [5.74, 6) is 1.08. The molecule has 5 heteroatoms. The van der Waals surface area contributed by atoms with Gasteiger partial charge >= 0.3 is 0 Å². The largest absolute Gasteiger partial charge is 0.376 e. The van der Waals surface area contributed by atoms with Gasteiger partial charge in [0.15, 0.2) is 0 Å². The molecule has 0 bridgehead atoms. The molecule has 3 fully saturated rings. The quantitative estimate of drug-likeness (QED) is 0.758. The lowest BCUT2D eigenvalue weighted by atomic mass is 9.81. The van der Waals surface area contributed by atoms with E-state index in [-0.39, 0.29) is 17.4 Å². The highest BCUT2D eigenvalue weighted by molar-refractivity contribution is 5.80. The number of nitrogens with zero attached hydrogens (tertiary/aromatic N) is 2. The minimum Gasteiger partial charge on any atom is -0.376 e. The number of ether oxygens (including phenoxy) is 1. The molecule has 1 unspecified atom stereocenters. The van der Waals surface area contributed by atoms with Crippen molar-refractivity contribution in [1.82, 2.24) is 9.80 Å². The van der Waals surface area contributed by atoms with E-state index in [1.165, 1.54) is 5.56 Å². The van der Waals surface area contributed by atoms with Crippen LogP contribution in [0.15, 0.2) is 30.3 Å². The van der Waals surface area contributed by atoms with Gasteiger partial charge in [0.1, 0.15) is 0 Å². The number of likely N-dealkylation sites (tertiary alicyclic amines) is 2. The Hall–Kier alpha value is -1.88. The number of carbonyl (C=O) groups excluding carboxylic acids is 2. The first kappa shape index (κ1) is 21.4. The summed E-state index contributed by atoms with van der Waals surface area (Å²) >= 11 is 0. The number of hydrogen-bond acceptors (Lipinski definition) is 3. The van der Waals surface area contributed by atoms with Gasteiger partial charge in [0.25, 0.3) is 0 Å². The van der Waals surface area contributed by atoms with Gasteiger partial charge in [-0.25, -0.2) is 0 Å². The highest BCUT2D eigenvalue weighted by Crippen LogP contribution is 2.35. The van der Waals surface area contributed by atoms with Crippen LogP contribution in [-0.2, 0) is 20.7 Å².